The Bertz CT molecular complexity index is 1630. The van der Waals surface area contributed by atoms with Gasteiger partial charge in [0.2, 0.25) is 17.0 Å². The van der Waals surface area contributed by atoms with Crippen LogP contribution in [-0.4, -0.2) is 55.4 Å². The first-order valence-electron chi connectivity index (χ1n) is 14.1. The molecule has 44 heavy (non-hydrogen) atoms. The van der Waals surface area contributed by atoms with E-state index in [2.05, 4.69) is 6.07 Å². The quantitative estimate of drug-likeness (QED) is 0.280. The van der Waals surface area contributed by atoms with E-state index in [1.54, 1.807) is 85.8 Å². The maximum atomic E-state index is 15.0. The van der Waals surface area contributed by atoms with Gasteiger partial charge in [-0.1, -0.05) is 73.7 Å². The first kappa shape index (κ1) is 31.2. The average Bonchev–Trinajstić information content (AvgIpc) is 3.53. The number of likely N-dealkylation sites (N-methyl/N-ethyl adjacent to an activating group) is 1. The summed E-state index contributed by atoms with van der Waals surface area (Å²) in [6.45, 7) is 3.49. The third-order valence-corrected chi connectivity index (χ3v) is 10.5. The van der Waals surface area contributed by atoms with Gasteiger partial charge in [-0.15, -0.1) is 0 Å². The highest BCUT2D eigenvalue weighted by atomic mass is 32.2. The molecule has 2 aliphatic heterocycles. The van der Waals surface area contributed by atoms with Crippen molar-refractivity contribution in [2.75, 3.05) is 13.8 Å². The van der Waals surface area contributed by atoms with E-state index in [0.29, 0.717) is 34.6 Å². The number of carbonyl (C=O) groups excluding carboxylic acids is 4. The van der Waals surface area contributed by atoms with Crippen molar-refractivity contribution in [1.82, 2.24) is 9.80 Å². The maximum Gasteiger partial charge on any atom is 0.261 e. The minimum absolute atomic E-state index is 0.0609. The van der Waals surface area contributed by atoms with Crippen LogP contribution in [0.15, 0.2) is 78.9 Å². The van der Waals surface area contributed by atoms with Gasteiger partial charge in [0.15, 0.2) is 21.2 Å². The second-order valence-corrected chi connectivity index (χ2v) is 13.1. The molecule has 2 heterocycles. The van der Waals surface area contributed by atoms with Crippen molar-refractivity contribution in [2.24, 2.45) is 0 Å². The molecule has 3 atom stereocenters. The Morgan fingerprint density at radius 3 is 2.09 bits per heavy atom. The molecular weight excluding hydrogens is 599 g/mol. The predicted molar refractivity (Wildman–Crippen MR) is 168 cm³/mol. The molecule has 0 aromatic heterocycles. The first-order valence-corrected chi connectivity index (χ1v) is 15.7. The van der Waals surface area contributed by atoms with E-state index >= 15 is 0 Å². The fourth-order valence-corrected chi connectivity index (χ4v) is 7.80. The van der Waals surface area contributed by atoms with E-state index in [0.717, 1.165) is 23.5 Å². The molecule has 1 saturated heterocycles. The largest absolute Gasteiger partial charge is 0.454 e. The minimum Gasteiger partial charge on any atom is -0.454 e. The van der Waals surface area contributed by atoms with Gasteiger partial charge in [0.25, 0.3) is 11.8 Å². The molecule has 226 valence electrons. The van der Waals surface area contributed by atoms with Crippen LogP contribution < -0.4 is 9.47 Å². The fourth-order valence-electron chi connectivity index (χ4n) is 5.48. The Morgan fingerprint density at radius 2 is 1.50 bits per heavy atom. The normalized spacial score (nSPS) is 21.6. The third-order valence-electron chi connectivity index (χ3n) is 7.91. The zero-order valence-corrected chi connectivity index (χ0v) is 26.2. The van der Waals surface area contributed by atoms with Crippen LogP contribution in [0.5, 0.6) is 11.5 Å². The predicted octanol–water partition coefficient (Wildman–Crippen LogP) is 6.03. The SMILES string of the molecule is CC[C@H](c1ccc2c(c1)OCO2)N1C(=O)[C@](C)(SC(=O)c2ccccc2)N(C)C(=O)[C@]1(CCC#N)SC(=O)c1ccccc1. The lowest BCUT2D eigenvalue weighted by atomic mass is 9.93. The molecule has 1 fully saturated rings. The molecule has 3 aromatic rings. The monoisotopic (exact) mass is 629 g/mol. The van der Waals surface area contributed by atoms with E-state index in [1.165, 1.54) is 16.8 Å². The van der Waals surface area contributed by atoms with Gasteiger partial charge < -0.3 is 19.3 Å². The fraction of sp³-hybridized carbons (Fsp3) is 0.303. The summed E-state index contributed by atoms with van der Waals surface area (Å²) in [7, 11) is 1.47. The molecule has 9 nitrogen and oxygen atoms in total. The molecule has 5 rings (SSSR count). The highest BCUT2D eigenvalue weighted by molar-refractivity contribution is 8.16. The molecule has 0 bridgehead atoms. The number of nitrogens with zero attached hydrogens (tertiary/aromatic N) is 3. The number of benzene rings is 3. The highest BCUT2D eigenvalue weighted by Crippen LogP contribution is 2.52. The second-order valence-electron chi connectivity index (χ2n) is 10.5. The summed E-state index contributed by atoms with van der Waals surface area (Å²) >= 11 is 1.49. The Balaban J connectivity index is 1.67. The van der Waals surface area contributed by atoms with Crippen molar-refractivity contribution in [1.29, 1.82) is 5.26 Å². The van der Waals surface area contributed by atoms with Gasteiger partial charge in [-0.05, 0) is 54.6 Å². The molecule has 0 radical (unpaired) electrons. The number of nitriles is 1. The van der Waals surface area contributed by atoms with Gasteiger partial charge in [-0.3, -0.25) is 19.2 Å². The van der Waals surface area contributed by atoms with Gasteiger partial charge in [-0.25, -0.2) is 0 Å². The van der Waals surface area contributed by atoms with Crippen molar-refractivity contribution in [3.63, 3.8) is 0 Å². The van der Waals surface area contributed by atoms with E-state index in [1.807, 2.05) is 6.92 Å². The summed E-state index contributed by atoms with van der Waals surface area (Å²) in [5, 5.41) is 8.89. The first-order chi connectivity index (χ1) is 21.2. The molecule has 3 aromatic carbocycles. The van der Waals surface area contributed by atoms with Gasteiger partial charge >= 0.3 is 0 Å². The number of amides is 2. The minimum atomic E-state index is -1.78. The molecule has 11 heteroatoms. The Labute approximate surface area is 264 Å². The molecule has 0 spiro atoms. The molecule has 2 aliphatic rings. The highest BCUT2D eigenvalue weighted by Gasteiger charge is 2.63. The lowest BCUT2D eigenvalue weighted by molar-refractivity contribution is -0.167. The number of carbonyl (C=O) groups is 4. The maximum absolute atomic E-state index is 15.0. The van der Waals surface area contributed by atoms with Gasteiger partial charge in [-0.2, -0.15) is 5.26 Å². The van der Waals surface area contributed by atoms with Crippen LogP contribution in [0.1, 0.15) is 65.4 Å². The third kappa shape index (κ3) is 5.55. The summed E-state index contributed by atoms with van der Waals surface area (Å²) in [6.07, 6.45) is 0.170. The molecule has 0 N–H and O–H groups in total. The Kier molecular flexibility index (Phi) is 9.04. The Morgan fingerprint density at radius 1 is 0.909 bits per heavy atom. The van der Waals surface area contributed by atoms with E-state index in [-0.39, 0.29) is 24.7 Å². The van der Waals surface area contributed by atoms with Crippen LogP contribution >= 0.6 is 23.5 Å². The zero-order valence-electron chi connectivity index (χ0n) is 24.5. The van der Waals surface area contributed by atoms with Crippen LogP contribution in [0.4, 0.5) is 0 Å². The van der Waals surface area contributed by atoms with Crippen LogP contribution in [0.25, 0.3) is 0 Å². The van der Waals surface area contributed by atoms with Crippen LogP contribution in [0.3, 0.4) is 0 Å². The topological polar surface area (TPSA) is 117 Å². The van der Waals surface area contributed by atoms with E-state index in [9.17, 15) is 24.4 Å². The standard InChI is InChI=1S/C33H31N3O6S2/c1-4-25(24-16-17-26-27(20-24)42-21-41-26)36-30(39)32(2,43-28(37)22-12-7-5-8-13-22)35(3)31(40)33(36,18-11-19-34)44-29(38)23-14-9-6-10-15-23/h5-10,12-17,20,25H,4,11,18,21H2,1-3H3/t25-,32+,33+/m1/s1. The Hall–Kier alpha value is -4.27. The zero-order chi connectivity index (χ0) is 31.5. The smallest absolute Gasteiger partial charge is 0.261 e. The van der Waals surface area contributed by atoms with Crippen LogP contribution in [0.2, 0.25) is 0 Å². The number of piperazine rings is 1. The number of hydrogen-bond acceptors (Lipinski definition) is 9. The number of fused-ring (bicyclic) bond motifs is 1. The summed E-state index contributed by atoms with van der Waals surface area (Å²) in [5.74, 6) is -0.00937. The van der Waals surface area contributed by atoms with Gasteiger partial charge in [0.05, 0.1) is 12.1 Å². The van der Waals surface area contributed by atoms with Crippen molar-refractivity contribution in [2.45, 2.75) is 48.9 Å². The van der Waals surface area contributed by atoms with Crippen LogP contribution in [0, 0.1) is 11.3 Å². The molecule has 0 aliphatic carbocycles. The van der Waals surface area contributed by atoms with Crippen molar-refractivity contribution in [3.05, 3.63) is 95.6 Å². The molecule has 2 amide bonds. The van der Waals surface area contributed by atoms with Crippen molar-refractivity contribution >= 4 is 45.6 Å². The number of thioether (sulfide) groups is 2. The van der Waals surface area contributed by atoms with Crippen molar-refractivity contribution in [3.8, 4) is 17.6 Å². The summed E-state index contributed by atoms with van der Waals surface area (Å²) in [6, 6.07) is 23.8. The number of ether oxygens (including phenoxy) is 2. The number of hydrogen-bond donors (Lipinski definition) is 0. The number of rotatable bonds is 9. The van der Waals surface area contributed by atoms with Crippen LogP contribution in [-0.2, 0) is 9.59 Å². The van der Waals surface area contributed by atoms with Gasteiger partial charge in [0.1, 0.15) is 0 Å². The molecular formula is C33H31N3O6S2. The lowest BCUT2D eigenvalue weighted by Crippen LogP contribution is -2.73. The molecule has 0 saturated carbocycles. The summed E-state index contributed by atoms with van der Waals surface area (Å²) in [5.41, 5.74) is 1.41. The summed E-state index contributed by atoms with van der Waals surface area (Å²) in [4.78, 5) is 56.2. The average molecular weight is 630 g/mol. The van der Waals surface area contributed by atoms with E-state index in [4.69, 9.17) is 9.47 Å². The van der Waals surface area contributed by atoms with E-state index < -0.39 is 32.7 Å². The summed E-state index contributed by atoms with van der Waals surface area (Å²) < 4.78 is 11.1. The lowest BCUT2D eigenvalue weighted by Gasteiger charge is -2.56. The van der Waals surface area contributed by atoms with Crippen molar-refractivity contribution < 1.29 is 28.7 Å². The molecule has 0 unspecified atom stereocenters. The second kappa shape index (κ2) is 12.8. The van der Waals surface area contributed by atoms with Gasteiger partial charge in [0, 0.05) is 31.0 Å².